The van der Waals surface area contributed by atoms with Crippen LogP contribution in [0.2, 0.25) is 0 Å². The van der Waals surface area contributed by atoms with Crippen LogP contribution in [0.1, 0.15) is 96.6 Å². The summed E-state index contributed by atoms with van der Waals surface area (Å²) in [6.45, 7) is 13.2. The molecule has 1 heterocycles. The summed E-state index contributed by atoms with van der Waals surface area (Å²) in [7, 11) is 0. The molecule has 3 N–H and O–H groups in total. The second-order valence-electron chi connectivity index (χ2n) is 11.5. The van der Waals surface area contributed by atoms with Gasteiger partial charge in [-0.15, -0.1) is 0 Å². The number of phenolic OH excluding ortho intramolecular Hbond substituents is 1. The molecular weight excluding hydrogens is 426 g/mol. The van der Waals surface area contributed by atoms with Gasteiger partial charge in [0.05, 0.1) is 13.2 Å². The van der Waals surface area contributed by atoms with Gasteiger partial charge in [-0.3, -0.25) is 4.90 Å². The van der Waals surface area contributed by atoms with Crippen LogP contribution in [0.15, 0.2) is 23.8 Å². The fourth-order valence-electron chi connectivity index (χ4n) is 5.96. The summed E-state index contributed by atoms with van der Waals surface area (Å²) in [6.07, 6.45) is 10.1. The number of aliphatic hydroxyl groups is 2. The van der Waals surface area contributed by atoms with Crippen LogP contribution in [0.25, 0.3) is 0 Å². The third-order valence-electron chi connectivity index (χ3n) is 8.08. The van der Waals surface area contributed by atoms with Gasteiger partial charge in [0.2, 0.25) is 0 Å². The van der Waals surface area contributed by atoms with Crippen molar-refractivity contribution in [2.75, 3.05) is 32.8 Å². The molecule has 1 aromatic rings. The van der Waals surface area contributed by atoms with Crippen molar-refractivity contribution in [2.24, 2.45) is 5.92 Å². The quantitative estimate of drug-likeness (QED) is 0.275. The zero-order valence-electron chi connectivity index (χ0n) is 22.1. The highest BCUT2D eigenvalue weighted by atomic mass is 16.5. The molecule has 0 saturated carbocycles. The first-order valence-corrected chi connectivity index (χ1v) is 13.3. The number of unbranched alkanes of at least 4 members (excludes halogenated alkanes) is 3. The molecule has 0 bridgehead atoms. The Morgan fingerprint density at radius 2 is 1.79 bits per heavy atom. The molecule has 5 heteroatoms. The Morgan fingerprint density at radius 1 is 1.09 bits per heavy atom. The van der Waals surface area contributed by atoms with Gasteiger partial charge in [-0.1, -0.05) is 58.1 Å². The molecule has 2 atom stereocenters. The van der Waals surface area contributed by atoms with Crippen LogP contribution in [0.5, 0.6) is 11.5 Å². The van der Waals surface area contributed by atoms with Crippen molar-refractivity contribution in [1.29, 1.82) is 0 Å². The van der Waals surface area contributed by atoms with E-state index in [0.29, 0.717) is 24.8 Å². The van der Waals surface area contributed by atoms with Gasteiger partial charge in [0.25, 0.3) is 0 Å². The Balaban J connectivity index is 1.87. The van der Waals surface area contributed by atoms with E-state index in [4.69, 9.17) is 4.74 Å². The first kappa shape index (κ1) is 27.0. The fraction of sp³-hybridized carbons (Fsp3) is 0.724. The van der Waals surface area contributed by atoms with Crippen LogP contribution < -0.4 is 4.74 Å². The summed E-state index contributed by atoms with van der Waals surface area (Å²) in [4.78, 5) is 2.10. The highest BCUT2D eigenvalue weighted by Gasteiger charge is 2.46. The number of hydrogen-bond acceptors (Lipinski definition) is 5. The van der Waals surface area contributed by atoms with E-state index < -0.39 is 0 Å². The molecule has 1 aromatic carbocycles. The number of hydrogen-bond donors (Lipinski definition) is 3. The highest BCUT2D eigenvalue weighted by Crippen LogP contribution is 2.55. The van der Waals surface area contributed by atoms with Crippen molar-refractivity contribution in [3.8, 4) is 11.5 Å². The SMILES string of the molecule is CCCCCCC(C)(C)c1cc(O)c2c(c1)OC(C)(C)[C@H]1CC=C(CN(CCO)CCO)C[C@H]21. The molecule has 192 valence electrons. The maximum Gasteiger partial charge on any atom is 0.127 e. The summed E-state index contributed by atoms with van der Waals surface area (Å²) in [6, 6.07) is 4.17. The maximum atomic E-state index is 11.3. The molecule has 0 saturated heterocycles. The molecule has 5 nitrogen and oxygen atoms in total. The third kappa shape index (κ3) is 6.16. The number of aromatic hydroxyl groups is 1. The van der Waals surface area contributed by atoms with E-state index in [9.17, 15) is 15.3 Å². The van der Waals surface area contributed by atoms with Gasteiger partial charge < -0.3 is 20.1 Å². The smallest absolute Gasteiger partial charge is 0.127 e. The van der Waals surface area contributed by atoms with Crippen molar-refractivity contribution < 1.29 is 20.1 Å². The third-order valence-corrected chi connectivity index (χ3v) is 8.08. The molecule has 2 aliphatic rings. The number of allylic oxidation sites excluding steroid dienone is 1. The molecule has 0 fully saturated rings. The Kier molecular flexibility index (Phi) is 9.10. The zero-order chi connectivity index (χ0) is 24.9. The van der Waals surface area contributed by atoms with Gasteiger partial charge in [-0.05, 0) is 56.2 Å². The van der Waals surface area contributed by atoms with E-state index in [-0.39, 0.29) is 30.1 Å². The number of ether oxygens (including phenoxy) is 1. The minimum Gasteiger partial charge on any atom is -0.508 e. The predicted molar refractivity (Wildman–Crippen MR) is 139 cm³/mol. The summed E-state index contributed by atoms with van der Waals surface area (Å²) < 4.78 is 6.58. The second-order valence-corrected chi connectivity index (χ2v) is 11.5. The molecule has 34 heavy (non-hydrogen) atoms. The molecular formula is C29H47NO4. The van der Waals surface area contributed by atoms with Crippen LogP contribution in [-0.2, 0) is 5.41 Å². The highest BCUT2D eigenvalue weighted by molar-refractivity contribution is 5.54. The lowest BCUT2D eigenvalue weighted by atomic mass is 9.66. The molecule has 0 radical (unpaired) electrons. The Hall–Kier alpha value is -1.56. The van der Waals surface area contributed by atoms with Crippen molar-refractivity contribution in [3.63, 3.8) is 0 Å². The average Bonchev–Trinajstić information content (AvgIpc) is 2.76. The zero-order valence-corrected chi connectivity index (χ0v) is 22.1. The Morgan fingerprint density at radius 3 is 2.44 bits per heavy atom. The van der Waals surface area contributed by atoms with E-state index in [1.165, 1.54) is 31.3 Å². The van der Waals surface area contributed by atoms with Crippen molar-refractivity contribution in [2.45, 2.75) is 96.5 Å². The Bertz CT molecular complexity index is 839. The lowest BCUT2D eigenvalue weighted by Gasteiger charge is -2.47. The maximum absolute atomic E-state index is 11.3. The molecule has 0 amide bonds. The van der Waals surface area contributed by atoms with Crippen molar-refractivity contribution in [3.05, 3.63) is 34.9 Å². The summed E-state index contributed by atoms with van der Waals surface area (Å²) in [5, 5.41) is 30.1. The lowest BCUT2D eigenvalue weighted by Crippen LogP contribution is -2.46. The normalized spacial score (nSPS) is 21.6. The van der Waals surface area contributed by atoms with Gasteiger partial charge >= 0.3 is 0 Å². The fourth-order valence-corrected chi connectivity index (χ4v) is 5.96. The minimum atomic E-state index is -0.314. The van der Waals surface area contributed by atoms with E-state index in [1.54, 1.807) is 0 Å². The topological polar surface area (TPSA) is 73.2 Å². The first-order valence-electron chi connectivity index (χ1n) is 13.3. The number of phenols is 1. The summed E-state index contributed by atoms with van der Waals surface area (Å²) >= 11 is 0. The molecule has 1 aliphatic heterocycles. The molecule has 0 spiro atoms. The van der Waals surface area contributed by atoms with Crippen molar-refractivity contribution in [1.82, 2.24) is 4.90 Å². The van der Waals surface area contributed by atoms with Crippen LogP contribution in [0.4, 0.5) is 0 Å². The number of benzene rings is 1. The van der Waals surface area contributed by atoms with E-state index in [0.717, 1.165) is 42.7 Å². The number of rotatable bonds is 12. The number of fused-ring (bicyclic) bond motifs is 3. The van der Waals surface area contributed by atoms with Crippen LogP contribution in [-0.4, -0.2) is 58.7 Å². The molecule has 0 unspecified atom stereocenters. The average molecular weight is 474 g/mol. The second kappa shape index (κ2) is 11.5. The van der Waals surface area contributed by atoms with Gasteiger partial charge in [-0.25, -0.2) is 0 Å². The number of aliphatic hydroxyl groups excluding tert-OH is 2. The van der Waals surface area contributed by atoms with Gasteiger partial charge in [0.15, 0.2) is 0 Å². The largest absolute Gasteiger partial charge is 0.508 e. The van der Waals surface area contributed by atoms with Gasteiger partial charge in [-0.2, -0.15) is 0 Å². The summed E-state index contributed by atoms with van der Waals surface area (Å²) in [5.41, 5.74) is 3.09. The van der Waals surface area contributed by atoms with Crippen molar-refractivity contribution >= 4 is 0 Å². The molecule has 1 aliphatic carbocycles. The number of nitrogens with zero attached hydrogens (tertiary/aromatic N) is 1. The van der Waals surface area contributed by atoms with Gasteiger partial charge in [0.1, 0.15) is 17.1 Å². The standard InChI is InChI=1S/C29H47NO4/c1-6-7-8-9-12-28(2,3)22-18-25(33)27-23-17-21(20-30(13-15-31)14-16-32)10-11-24(23)29(4,5)34-26(27)19-22/h10,18-19,23-24,31-33H,6-9,11-17,20H2,1-5H3/t23-,24-/m0/s1. The van der Waals surface area contributed by atoms with Gasteiger partial charge in [0, 0.05) is 37.0 Å². The Labute approximate surface area is 206 Å². The first-order chi connectivity index (χ1) is 16.1. The predicted octanol–water partition coefficient (Wildman–Crippen LogP) is 5.52. The minimum absolute atomic E-state index is 0.0165. The van der Waals surface area contributed by atoms with Crippen LogP contribution in [0, 0.1) is 5.92 Å². The summed E-state index contributed by atoms with van der Waals surface area (Å²) in [5.74, 6) is 1.70. The molecule has 0 aromatic heterocycles. The van der Waals surface area contributed by atoms with Crippen LogP contribution in [0.3, 0.4) is 0 Å². The van der Waals surface area contributed by atoms with E-state index in [1.807, 2.05) is 6.07 Å². The van der Waals surface area contributed by atoms with E-state index >= 15 is 0 Å². The molecule has 3 rings (SSSR count). The van der Waals surface area contributed by atoms with E-state index in [2.05, 4.69) is 51.7 Å². The monoisotopic (exact) mass is 473 g/mol. The van der Waals surface area contributed by atoms with Crippen LogP contribution >= 0.6 is 0 Å². The lowest BCUT2D eigenvalue weighted by molar-refractivity contribution is 0.00679.